The van der Waals surface area contributed by atoms with Crippen LogP contribution < -0.4 is 0 Å². The van der Waals surface area contributed by atoms with E-state index in [0.29, 0.717) is 0 Å². The van der Waals surface area contributed by atoms with Gasteiger partial charge in [0.05, 0.1) is 0 Å². The van der Waals surface area contributed by atoms with Crippen LogP contribution in [0.25, 0.3) is 0 Å². The van der Waals surface area contributed by atoms with E-state index in [4.69, 9.17) is 0 Å². The van der Waals surface area contributed by atoms with E-state index in [-0.39, 0.29) is 65.9 Å². The first kappa shape index (κ1) is 15.8. The number of hydrogen-bond donors (Lipinski definition) is 0. The van der Waals surface area contributed by atoms with Gasteiger partial charge in [-0.15, -0.1) is 0 Å². The molecule has 0 heterocycles. The molecule has 0 rings (SSSR count). The van der Waals surface area contributed by atoms with Gasteiger partial charge >= 0.3 is 75.0 Å². The standard InChI is InChI=1S/Ba.Mn.H3Si.Zn.2H/h;;1H3;;;. The molecule has 0 unspecified atom stereocenters. The van der Waals surface area contributed by atoms with Gasteiger partial charge in [0.2, 0.25) is 0 Å². The van der Waals surface area contributed by atoms with E-state index in [9.17, 15) is 0 Å². The van der Waals surface area contributed by atoms with E-state index in [2.05, 4.69) is 0 Å². The Kier molecular flexibility index (Phi) is 66.2. The van der Waals surface area contributed by atoms with Gasteiger partial charge in [-0.1, -0.05) is 0 Å². The molecule has 0 aromatic rings. The molecule has 0 spiro atoms. The van der Waals surface area contributed by atoms with Gasteiger partial charge in [-0.25, -0.2) is 0 Å². The molecular weight excluding hydrogens is 286 g/mol. The molecule has 4 heavy (non-hydrogen) atoms. The zero-order valence-corrected chi connectivity index (χ0v) is 8.23. The fourth-order valence-electron chi connectivity index (χ4n) is 0. The molecule has 0 aliphatic heterocycles. The minimum atomic E-state index is 0. The van der Waals surface area contributed by atoms with Crippen molar-refractivity contribution < 1.29 is 34.7 Å². The molecule has 0 aromatic heterocycles. The Balaban J connectivity index is -0.00000000500. The van der Waals surface area contributed by atoms with Crippen molar-refractivity contribution in [2.45, 2.75) is 0 Å². The summed E-state index contributed by atoms with van der Waals surface area (Å²) >= 11 is 1.51. The van der Waals surface area contributed by atoms with E-state index < -0.39 is 0 Å². The molecule has 0 atom stereocenters. The Hall–Kier alpha value is 2.93. The van der Waals surface area contributed by atoms with Crippen LogP contribution in [0.5, 0.6) is 0 Å². The van der Waals surface area contributed by atoms with Crippen LogP contribution in [-0.4, -0.2) is 57.3 Å². The van der Waals surface area contributed by atoms with E-state index in [0.717, 1.165) is 0 Å². The Labute approximate surface area is 89.8 Å². The zero-order chi connectivity index (χ0) is 2.00. The molecule has 0 aliphatic rings. The van der Waals surface area contributed by atoms with Crippen molar-refractivity contribution in [1.82, 2.24) is 0 Å². The third-order valence-electron chi connectivity index (χ3n) is 0. The second kappa shape index (κ2) is 16.8. The topological polar surface area (TPSA) is 0 Å². The Morgan fingerprint density at radius 3 is 1.25 bits per heavy atom. The van der Waals surface area contributed by atoms with Crippen LogP contribution in [0.4, 0.5) is 0 Å². The second-order valence-corrected chi connectivity index (χ2v) is 0. The molecule has 0 saturated carbocycles. The maximum atomic E-state index is 1.51. The van der Waals surface area contributed by atoms with E-state index in [1.54, 1.807) is 0 Å². The first-order valence-corrected chi connectivity index (χ1v) is 11.0. The van der Waals surface area contributed by atoms with Gasteiger partial charge in [-0.3, -0.25) is 0 Å². The van der Waals surface area contributed by atoms with E-state index in [1.165, 1.54) is 26.1 Å². The Bertz CT molecular complexity index is 8.00. The predicted molar refractivity (Wildman–Crippen MR) is 18.5 cm³/mol. The van der Waals surface area contributed by atoms with Crippen LogP contribution in [0.15, 0.2) is 0 Å². The van der Waals surface area contributed by atoms with Crippen molar-refractivity contribution in [3.63, 3.8) is 0 Å². The van der Waals surface area contributed by atoms with Crippen molar-refractivity contribution in [3.05, 3.63) is 0 Å². The number of hydrogen-bond acceptors (Lipinski definition) is 0. The summed E-state index contributed by atoms with van der Waals surface area (Å²) in [7, 11) is 1.43. The van der Waals surface area contributed by atoms with Crippen LogP contribution in [0.3, 0.4) is 0 Å². The predicted octanol–water partition coefficient (Wildman–Crippen LogP) is -2.11. The summed E-state index contributed by atoms with van der Waals surface area (Å²) in [6, 6.07) is 0. The summed E-state index contributed by atoms with van der Waals surface area (Å²) in [5.74, 6) is 0. The SMILES string of the molecule is [BaH2].[Mn].[SiH3][Zn]. The second-order valence-electron chi connectivity index (χ2n) is 0. The fourth-order valence-corrected chi connectivity index (χ4v) is 0. The minimum absolute atomic E-state index is 0. The summed E-state index contributed by atoms with van der Waals surface area (Å²) in [6.45, 7) is 0. The molecule has 0 N–H and O–H groups in total. The van der Waals surface area contributed by atoms with Crippen molar-refractivity contribution in [2.24, 2.45) is 0 Å². The molecule has 0 fully saturated rings. The first-order valence-electron chi connectivity index (χ1n) is 0.707. The van der Waals surface area contributed by atoms with Crippen LogP contribution >= 0.6 is 0 Å². The molecule has 0 amide bonds. The van der Waals surface area contributed by atoms with Gasteiger partial charge in [0.25, 0.3) is 0 Å². The molecule has 0 aromatic carbocycles. The van der Waals surface area contributed by atoms with Crippen LogP contribution in [-0.2, 0) is 34.7 Å². The molecule has 4 heteroatoms. The normalized spacial score (nSPS) is 2.50. The monoisotopic (exact) mass is 290 g/mol. The van der Waals surface area contributed by atoms with Crippen molar-refractivity contribution in [3.8, 4) is 0 Å². The summed E-state index contributed by atoms with van der Waals surface area (Å²) in [5.41, 5.74) is 0. The third-order valence-corrected chi connectivity index (χ3v) is 0. The molecule has 0 nitrogen and oxygen atoms in total. The van der Waals surface area contributed by atoms with Crippen LogP contribution in [0.2, 0.25) is 0 Å². The van der Waals surface area contributed by atoms with Gasteiger partial charge < -0.3 is 0 Å². The molecule has 0 bridgehead atoms. The maximum absolute atomic E-state index is 1.51. The van der Waals surface area contributed by atoms with Crippen molar-refractivity contribution >= 4 is 57.3 Å². The summed E-state index contributed by atoms with van der Waals surface area (Å²) in [5, 5.41) is 0. The average Bonchev–Trinajstić information content (AvgIpc) is 1.00. The molecule has 20 valence electrons. The van der Waals surface area contributed by atoms with Gasteiger partial charge in [-0.05, 0) is 0 Å². The number of rotatable bonds is 0. The summed E-state index contributed by atoms with van der Waals surface area (Å²) in [4.78, 5) is 0. The van der Waals surface area contributed by atoms with Crippen molar-refractivity contribution in [1.29, 1.82) is 0 Å². The van der Waals surface area contributed by atoms with E-state index >= 15 is 0 Å². The molecule has 0 aliphatic carbocycles. The van der Waals surface area contributed by atoms with E-state index in [1.807, 2.05) is 0 Å². The van der Waals surface area contributed by atoms with Gasteiger partial charge in [0, 0.05) is 17.1 Å². The molecule has 1 radical (unpaired) electrons. The summed E-state index contributed by atoms with van der Waals surface area (Å²) < 4.78 is 0. The van der Waals surface area contributed by atoms with Gasteiger partial charge in [-0.2, -0.15) is 0 Å². The first-order chi connectivity index (χ1) is 1.00. The summed E-state index contributed by atoms with van der Waals surface area (Å²) in [6.07, 6.45) is 0. The fraction of sp³-hybridized carbons (Fsp3) is 0. The Morgan fingerprint density at radius 1 is 1.25 bits per heavy atom. The molecule has 0 saturated heterocycles. The zero-order valence-electron chi connectivity index (χ0n) is 2.09. The van der Waals surface area contributed by atoms with Crippen LogP contribution in [0, 0.1) is 0 Å². The van der Waals surface area contributed by atoms with Gasteiger partial charge in [0.15, 0.2) is 0 Å². The van der Waals surface area contributed by atoms with Gasteiger partial charge in [0.1, 0.15) is 0 Å². The average molecular weight is 291 g/mol. The van der Waals surface area contributed by atoms with Crippen molar-refractivity contribution in [2.75, 3.05) is 0 Å². The molecular formula is H5BaMnSiZn. The third kappa shape index (κ3) is 8.87. The Morgan fingerprint density at radius 2 is 1.25 bits per heavy atom. The van der Waals surface area contributed by atoms with Crippen LogP contribution in [0.1, 0.15) is 0 Å². The quantitative estimate of drug-likeness (QED) is 0.448.